The van der Waals surface area contributed by atoms with Crippen LogP contribution in [0.2, 0.25) is 0 Å². The van der Waals surface area contributed by atoms with Crippen molar-refractivity contribution in [1.82, 2.24) is 4.57 Å². The van der Waals surface area contributed by atoms with Crippen molar-refractivity contribution in [3.05, 3.63) is 147 Å². The van der Waals surface area contributed by atoms with Gasteiger partial charge < -0.3 is 4.42 Å². The van der Waals surface area contributed by atoms with Crippen LogP contribution in [0.4, 0.5) is 10.1 Å². The second-order valence-corrected chi connectivity index (χ2v) is 11.7. The molecule has 7 nitrogen and oxygen atoms in total. The van der Waals surface area contributed by atoms with Crippen molar-refractivity contribution < 1.29 is 13.7 Å². The Bertz CT molecular complexity index is 2090. The van der Waals surface area contributed by atoms with Crippen LogP contribution in [-0.2, 0) is 6.42 Å². The molecule has 2 aromatic heterocycles. The normalized spacial score (nSPS) is 16.1. The first-order valence-corrected chi connectivity index (χ1v) is 14.4. The van der Waals surface area contributed by atoms with E-state index in [-0.39, 0.29) is 17.1 Å². The monoisotopic (exact) mass is 627 g/mol. The zero-order chi connectivity index (χ0) is 28.2. The molecule has 0 radical (unpaired) electrons. The highest BCUT2D eigenvalue weighted by Gasteiger charge is 2.32. The number of rotatable bonds is 4. The number of furan rings is 1. The average molecular weight is 628 g/mol. The van der Waals surface area contributed by atoms with Gasteiger partial charge in [-0.05, 0) is 75.8 Å². The van der Waals surface area contributed by atoms with Gasteiger partial charge in [0.2, 0.25) is 0 Å². The van der Waals surface area contributed by atoms with Crippen LogP contribution >= 0.6 is 27.3 Å². The molecular formula is C31H19BrFN3O4S. The van der Waals surface area contributed by atoms with Gasteiger partial charge in [-0.15, -0.1) is 0 Å². The molecule has 0 saturated heterocycles. The number of hydrogen-bond donors (Lipinski definition) is 0. The van der Waals surface area contributed by atoms with Gasteiger partial charge >= 0.3 is 0 Å². The number of aryl methyl sites for hydroxylation is 1. The minimum absolute atomic E-state index is 0.0328. The Morgan fingerprint density at radius 2 is 1.85 bits per heavy atom. The molecule has 0 fully saturated rings. The van der Waals surface area contributed by atoms with Gasteiger partial charge in [0.05, 0.1) is 21.2 Å². The molecule has 0 saturated carbocycles. The Labute approximate surface area is 244 Å². The SMILES string of the molecule is O=c1/c(=C/c2ccc(-c3ccc([N+](=O)[O-])cc3Br)o2)sc2n1C(c1ccc(F)cc1)C1=C(N=2)c2ccccc2CC1. The first kappa shape index (κ1) is 25.6. The summed E-state index contributed by atoms with van der Waals surface area (Å²) >= 11 is 4.66. The van der Waals surface area contributed by atoms with Gasteiger partial charge in [0.25, 0.3) is 11.2 Å². The summed E-state index contributed by atoms with van der Waals surface area (Å²) in [5.41, 5.74) is 5.42. The number of halogens is 2. The van der Waals surface area contributed by atoms with Crippen molar-refractivity contribution in [3.8, 4) is 11.3 Å². The second kappa shape index (κ2) is 9.90. The summed E-state index contributed by atoms with van der Waals surface area (Å²) in [5.74, 6) is 0.627. The van der Waals surface area contributed by atoms with Crippen LogP contribution in [0.25, 0.3) is 23.1 Å². The fourth-order valence-corrected chi connectivity index (χ4v) is 7.03. The van der Waals surface area contributed by atoms with Crippen LogP contribution in [-0.4, -0.2) is 9.49 Å². The molecule has 202 valence electrons. The molecule has 1 atom stereocenters. The van der Waals surface area contributed by atoms with E-state index in [2.05, 4.69) is 28.1 Å². The molecule has 0 amide bonds. The first-order chi connectivity index (χ1) is 19.9. The third-order valence-corrected chi connectivity index (χ3v) is 9.03. The minimum atomic E-state index is -0.461. The standard InChI is InChI=1S/C31H19BrFN3O4S/c32-25-15-20(36(38)39)10-13-23(25)26-14-11-21(40-26)16-27-30(37)35-29(18-5-8-19(33)9-6-18)24-12-7-17-3-1-2-4-22(17)28(24)34-31(35)41-27/h1-6,8-11,13-16,29H,7,12H2/b27-16-. The Balaban J connectivity index is 1.36. The quantitative estimate of drug-likeness (QED) is 0.171. The number of hydrogen-bond acceptors (Lipinski definition) is 6. The van der Waals surface area contributed by atoms with Gasteiger partial charge in [-0.2, -0.15) is 0 Å². The molecule has 0 spiro atoms. The Morgan fingerprint density at radius 3 is 2.63 bits per heavy atom. The summed E-state index contributed by atoms with van der Waals surface area (Å²) in [5, 5.41) is 11.1. The molecule has 0 bridgehead atoms. The Hall–Kier alpha value is -4.41. The number of benzene rings is 3. The molecule has 0 N–H and O–H groups in total. The summed E-state index contributed by atoms with van der Waals surface area (Å²) in [6.45, 7) is 0. The van der Waals surface area contributed by atoms with Crippen molar-refractivity contribution in [2.75, 3.05) is 0 Å². The lowest BCUT2D eigenvalue weighted by atomic mass is 9.83. The van der Waals surface area contributed by atoms with E-state index in [0.29, 0.717) is 30.9 Å². The van der Waals surface area contributed by atoms with Crippen LogP contribution in [0.3, 0.4) is 0 Å². The number of fused-ring (bicyclic) bond motifs is 3. The second-order valence-electron chi connectivity index (χ2n) is 9.79. The molecule has 1 aliphatic heterocycles. The van der Waals surface area contributed by atoms with Crippen LogP contribution in [0.1, 0.15) is 34.9 Å². The molecule has 41 heavy (non-hydrogen) atoms. The molecule has 5 aromatic rings. The van der Waals surface area contributed by atoms with Gasteiger partial charge in [0, 0.05) is 33.8 Å². The zero-order valence-corrected chi connectivity index (χ0v) is 23.6. The third-order valence-electron chi connectivity index (χ3n) is 7.39. The molecule has 1 unspecified atom stereocenters. The number of nitro benzene ring substituents is 1. The topological polar surface area (TPSA) is 90.6 Å². The first-order valence-electron chi connectivity index (χ1n) is 12.8. The third kappa shape index (κ3) is 4.39. The highest BCUT2D eigenvalue weighted by Crippen LogP contribution is 2.41. The number of non-ortho nitro benzene ring substituents is 1. The predicted molar refractivity (Wildman–Crippen MR) is 158 cm³/mol. The van der Waals surface area contributed by atoms with Gasteiger partial charge in [0.15, 0.2) is 4.80 Å². The van der Waals surface area contributed by atoms with E-state index in [1.54, 1.807) is 41.0 Å². The van der Waals surface area contributed by atoms with E-state index in [1.807, 2.05) is 12.1 Å². The van der Waals surface area contributed by atoms with Crippen molar-refractivity contribution in [2.45, 2.75) is 18.9 Å². The van der Waals surface area contributed by atoms with Gasteiger partial charge in [-0.25, -0.2) is 9.38 Å². The summed E-state index contributed by atoms with van der Waals surface area (Å²) in [6.07, 6.45) is 3.26. The largest absolute Gasteiger partial charge is 0.457 e. The molecule has 1 aliphatic carbocycles. The van der Waals surface area contributed by atoms with Crippen LogP contribution in [0.15, 0.2) is 103 Å². The van der Waals surface area contributed by atoms with Crippen LogP contribution < -0.4 is 14.9 Å². The Kier molecular flexibility index (Phi) is 6.17. The number of thiazole rings is 1. The molecule has 10 heteroatoms. The van der Waals surface area contributed by atoms with E-state index in [9.17, 15) is 19.3 Å². The summed E-state index contributed by atoms with van der Waals surface area (Å²) in [6, 6.07) is 22.0. The average Bonchev–Trinajstić information content (AvgIpc) is 3.56. The Morgan fingerprint density at radius 1 is 1.05 bits per heavy atom. The maximum atomic E-state index is 13.9. The number of nitro groups is 1. The summed E-state index contributed by atoms with van der Waals surface area (Å²) < 4.78 is 22.6. The lowest BCUT2D eigenvalue weighted by Crippen LogP contribution is -2.38. The smallest absolute Gasteiger partial charge is 0.271 e. The summed E-state index contributed by atoms with van der Waals surface area (Å²) in [4.78, 5) is 30.1. The van der Waals surface area contributed by atoms with E-state index in [0.717, 1.165) is 35.2 Å². The lowest BCUT2D eigenvalue weighted by Gasteiger charge is -2.30. The molecular weight excluding hydrogens is 609 g/mol. The summed E-state index contributed by atoms with van der Waals surface area (Å²) in [7, 11) is 0. The van der Waals surface area contributed by atoms with Crippen LogP contribution in [0.5, 0.6) is 0 Å². The number of aromatic nitrogens is 1. The van der Waals surface area contributed by atoms with Crippen molar-refractivity contribution >= 4 is 44.7 Å². The maximum absolute atomic E-state index is 13.9. The molecule has 7 rings (SSSR count). The number of nitrogens with zero attached hydrogens (tertiary/aromatic N) is 3. The zero-order valence-electron chi connectivity index (χ0n) is 21.2. The predicted octanol–water partition coefficient (Wildman–Crippen LogP) is 6.39. The fourth-order valence-electron chi connectivity index (χ4n) is 5.49. The highest BCUT2D eigenvalue weighted by molar-refractivity contribution is 9.10. The maximum Gasteiger partial charge on any atom is 0.271 e. The molecule has 3 heterocycles. The lowest BCUT2D eigenvalue weighted by molar-refractivity contribution is -0.384. The molecule has 3 aromatic carbocycles. The van der Waals surface area contributed by atoms with Gasteiger partial charge in [-0.3, -0.25) is 19.5 Å². The van der Waals surface area contributed by atoms with Gasteiger partial charge in [-0.1, -0.05) is 47.7 Å². The van der Waals surface area contributed by atoms with E-state index in [1.165, 1.54) is 41.2 Å². The molecule has 2 aliphatic rings. The number of allylic oxidation sites excluding steroid dienone is 1. The van der Waals surface area contributed by atoms with Crippen molar-refractivity contribution in [1.29, 1.82) is 0 Å². The van der Waals surface area contributed by atoms with Crippen molar-refractivity contribution in [3.63, 3.8) is 0 Å². The van der Waals surface area contributed by atoms with Gasteiger partial charge in [0.1, 0.15) is 17.3 Å². The fraction of sp³-hybridized carbons (Fsp3) is 0.0968. The van der Waals surface area contributed by atoms with Crippen molar-refractivity contribution in [2.24, 2.45) is 4.99 Å². The van der Waals surface area contributed by atoms with Crippen LogP contribution in [0, 0.1) is 15.9 Å². The minimum Gasteiger partial charge on any atom is -0.457 e. The van der Waals surface area contributed by atoms with E-state index < -0.39 is 11.0 Å². The van der Waals surface area contributed by atoms with E-state index >= 15 is 0 Å². The van der Waals surface area contributed by atoms with E-state index in [4.69, 9.17) is 9.41 Å². The highest BCUT2D eigenvalue weighted by atomic mass is 79.9.